The third-order valence-corrected chi connectivity index (χ3v) is 3.26. The number of rotatable bonds is 4. The number of alkyl halides is 3. The number of fused-ring (bicyclic) bond motifs is 1. The zero-order valence-corrected chi connectivity index (χ0v) is 12.0. The highest BCUT2D eigenvalue weighted by Gasteiger charge is 2.34. The van der Waals surface area contributed by atoms with Crippen LogP contribution in [0.5, 0.6) is 0 Å². The quantitative estimate of drug-likeness (QED) is 0.740. The molecule has 0 aliphatic carbocycles. The molecule has 2 aromatic heterocycles. The van der Waals surface area contributed by atoms with Crippen LogP contribution in [0.15, 0.2) is 30.6 Å². The molecule has 2 heterocycles. The molecule has 0 bridgehead atoms. The second-order valence-electron chi connectivity index (χ2n) is 4.91. The van der Waals surface area contributed by atoms with Crippen molar-refractivity contribution in [2.24, 2.45) is 0 Å². The standard InChI is InChI=1S/C14H10F5N5/c15-9-2-1-8(10(16)5-9)3-4-20-12-6-11(14(17,18)19)23-13-21-7-22-24(12)13/h1-2,5-7,20H,3-4H2. The smallest absolute Gasteiger partial charge is 0.370 e. The minimum atomic E-state index is -4.63. The Kier molecular flexibility index (Phi) is 4.04. The van der Waals surface area contributed by atoms with E-state index in [1.165, 1.54) is 6.07 Å². The van der Waals surface area contributed by atoms with E-state index in [0.29, 0.717) is 0 Å². The van der Waals surface area contributed by atoms with Crippen LogP contribution in [0.2, 0.25) is 0 Å². The fourth-order valence-corrected chi connectivity index (χ4v) is 2.13. The first-order chi connectivity index (χ1) is 11.3. The summed E-state index contributed by atoms with van der Waals surface area (Å²) >= 11 is 0. The lowest BCUT2D eigenvalue weighted by atomic mass is 10.1. The average Bonchev–Trinajstić information content (AvgIpc) is 2.97. The van der Waals surface area contributed by atoms with Gasteiger partial charge in [-0.1, -0.05) is 6.07 Å². The van der Waals surface area contributed by atoms with Crippen molar-refractivity contribution in [1.82, 2.24) is 19.6 Å². The summed E-state index contributed by atoms with van der Waals surface area (Å²) in [6.45, 7) is 0.110. The van der Waals surface area contributed by atoms with Gasteiger partial charge >= 0.3 is 6.18 Å². The maximum atomic E-state index is 13.5. The normalized spacial score (nSPS) is 11.9. The Labute approximate surface area is 132 Å². The summed E-state index contributed by atoms with van der Waals surface area (Å²) in [5, 5.41) is 6.52. The fraction of sp³-hybridized carbons (Fsp3) is 0.214. The van der Waals surface area contributed by atoms with Crippen LogP contribution < -0.4 is 5.32 Å². The van der Waals surface area contributed by atoms with Gasteiger partial charge in [0, 0.05) is 18.7 Å². The van der Waals surface area contributed by atoms with Crippen molar-refractivity contribution >= 4 is 11.6 Å². The lowest BCUT2D eigenvalue weighted by molar-refractivity contribution is -0.141. The molecular weight excluding hydrogens is 333 g/mol. The number of hydrogen-bond donors (Lipinski definition) is 1. The molecule has 0 saturated carbocycles. The predicted molar refractivity (Wildman–Crippen MR) is 74.3 cm³/mol. The van der Waals surface area contributed by atoms with Crippen LogP contribution in [0.25, 0.3) is 5.78 Å². The maximum Gasteiger partial charge on any atom is 0.433 e. The maximum absolute atomic E-state index is 13.5. The largest absolute Gasteiger partial charge is 0.433 e. The van der Waals surface area contributed by atoms with Crippen molar-refractivity contribution in [3.63, 3.8) is 0 Å². The van der Waals surface area contributed by atoms with E-state index in [0.717, 1.165) is 29.0 Å². The van der Waals surface area contributed by atoms with Crippen molar-refractivity contribution in [2.45, 2.75) is 12.6 Å². The van der Waals surface area contributed by atoms with E-state index >= 15 is 0 Å². The number of nitrogens with zero attached hydrogens (tertiary/aromatic N) is 4. The molecule has 0 aliphatic rings. The molecule has 5 nitrogen and oxygen atoms in total. The number of nitrogens with one attached hydrogen (secondary N) is 1. The summed E-state index contributed by atoms with van der Waals surface area (Å²) in [7, 11) is 0. The van der Waals surface area contributed by atoms with E-state index < -0.39 is 23.5 Å². The van der Waals surface area contributed by atoms with Gasteiger partial charge < -0.3 is 5.32 Å². The lowest BCUT2D eigenvalue weighted by Gasteiger charge is -2.11. The molecule has 126 valence electrons. The van der Waals surface area contributed by atoms with Gasteiger partial charge in [0.2, 0.25) is 0 Å². The molecule has 0 fully saturated rings. The molecule has 0 amide bonds. The molecule has 0 atom stereocenters. The summed E-state index contributed by atoms with van der Waals surface area (Å²) in [6.07, 6.45) is -3.41. The Balaban J connectivity index is 1.80. The van der Waals surface area contributed by atoms with Gasteiger partial charge in [-0.15, -0.1) is 0 Å². The van der Waals surface area contributed by atoms with Crippen molar-refractivity contribution < 1.29 is 22.0 Å². The lowest BCUT2D eigenvalue weighted by Crippen LogP contribution is -2.15. The zero-order valence-electron chi connectivity index (χ0n) is 12.0. The first kappa shape index (κ1) is 16.1. The van der Waals surface area contributed by atoms with E-state index in [1.54, 1.807) is 0 Å². The van der Waals surface area contributed by atoms with Gasteiger partial charge in [0.05, 0.1) is 0 Å². The molecule has 1 aromatic carbocycles. The highest BCUT2D eigenvalue weighted by Crippen LogP contribution is 2.29. The van der Waals surface area contributed by atoms with Crippen molar-refractivity contribution in [3.8, 4) is 0 Å². The van der Waals surface area contributed by atoms with Crippen LogP contribution >= 0.6 is 0 Å². The Morgan fingerprint density at radius 2 is 1.92 bits per heavy atom. The van der Waals surface area contributed by atoms with E-state index in [2.05, 4.69) is 20.4 Å². The third kappa shape index (κ3) is 3.26. The minimum absolute atomic E-state index is 0.0207. The number of halogens is 5. The summed E-state index contributed by atoms with van der Waals surface area (Å²) in [5.41, 5.74) is -0.873. The van der Waals surface area contributed by atoms with Gasteiger partial charge in [-0.25, -0.2) is 13.8 Å². The first-order valence-electron chi connectivity index (χ1n) is 6.80. The van der Waals surface area contributed by atoms with Crippen molar-refractivity contribution in [2.75, 3.05) is 11.9 Å². The molecule has 3 aromatic rings. The number of aromatic nitrogens is 4. The topological polar surface area (TPSA) is 55.1 Å². The molecule has 0 spiro atoms. The van der Waals surface area contributed by atoms with Crippen LogP contribution in [-0.2, 0) is 12.6 Å². The van der Waals surface area contributed by atoms with Crippen LogP contribution in [0, 0.1) is 11.6 Å². The van der Waals surface area contributed by atoms with Gasteiger partial charge in [-0.2, -0.15) is 27.8 Å². The number of benzene rings is 1. The fourth-order valence-electron chi connectivity index (χ4n) is 2.13. The zero-order chi connectivity index (χ0) is 17.3. The van der Waals surface area contributed by atoms with Gasteiger partial charge in [-0.05, 0) is 18.1 Å². The molecule has 0 unspecified atom stereocenters. The summed E-state index contributed by atoms with van der Waals surface area (Å²) in [4.78, 5) is 7.02. The summed E-state index contributed by atoms with van der Waals surface area (Å²) in [6, 6.07) is 3.94. The SMILES string of the molecule is Fc1ccc(CCNc2cc(C(F)(F)F)nc3ncnn23)c(F)c1. The Morgan fingerprint density at radius 3 is 2.62 bits per heavy atom. The van der Waals surface area contributed by atoms with E-state index in [-0.39, 0.29) is 30.1 Å². The van der Waals surface area contributed by atoms with Gasteiger partial charge in [-0.3, -0.25) is 0 Å². The number of hydrogen-bond acceptors (Lipinski definition) is 4. The summed E-state index contributed by atoms with van der Waals surface area (Å²) < 4.78 is 66.0. The highest BCUT2D eigenvalue weighted by atomic mass is 19.4. The van der Waals surface area contributed by atoms with E-state index in [4.69, 9.17) is 0 Å². The van der Waals surface area contributed by atoms with E-state index in [9.17, 15) is 22.0 Å². The van der Waals surface area contributed by atoms with Crippen molar-refractivity contribution in [1.29, 1.82) is 0 Å². The molecular formula is C14H10F5N5. The molecule has 1 N–H and O–H groups in total. The van der Waals surface area contributed by atoms with Gasteiger partial charge in [0.1, 0.15) is 23.8 Å². The Morgan fingerprint density at radius 1 is 1.12 bits per heavy atom. The predicted octanol–water partition coefficient (Wildman–Crippen LogP) is 3.08. The Hall–Kier alpha value is -2.78. The molecule has 3 rings (SSSR count). The second-order valence-corrected chi connectivity index (χ2v) is 4.91. The first-order valence-corrected chi connectivity index (χ1v) is 6.80. The highest BCUT2D eigenvalue weighted by molar-refractivity contribution is 5.45. The average molecular weight is 343 g/mol. The van der Waals surface area contributed by atoms with E-state index in [1.807, 2.05) is 0 Å². The molecule has 10 heteroatoms. The van der Waals surface area contributed by atoms with Crippen LogP contribution in [0.4, 0.5) is 27.8 Å². The summed E-state index contributed by atoms with van der Waals surface area (Å²) in [5.74, 6) is -1.60. The van der Waals surface area contributed by atoms with Gasteiger partial charge in [0.15, 0.2) is 5.69 Å². The number of anilines is 1. The molecule has 0 aliphatic heterocycles. The molecule has 24 heavy (non-hydrogen) atoms. The third-order valence-electron chi connectivity index (χ3n) is 3.26. The minimum Gasteiger partial charge on any atom is -0.370 e. The monoisotopic (exact) mass is 343 g/mol. The van der Waals surface area contributed by atoms with Crippen LogP contribution in [0.1, 0.15) is 11.3 Å². The molecule has 0 radical (unpaired) electrons. The van der Waals surface area contributed by atoms with Crippen LogP contribution in [0.3, 0.4) is 0 Å². The van der Waals surface area contributed by atoms with Gasteiger partial charge in [0.25, 0.3) is 5.78 Å². The van der Waals surface area contributed by atoms with Crippen molar-refractivity contribution in [3.05, 3.63) is 53.5 Å². The Bertz CT molecular complexity index is 874. The molecule has 0 saturated heterocycles. The second kappa shape index (κ2) is 6.02. The van der Waals surface area contributed by atoms with Crippen LogP contribution in [-0.4, -0.2) is 26.1 Å².